The van der Waals surface area contributed by atoms with Crippen molar-refractivity contribution in [1.82, 2.24) is 15.1 Å². The van der Waals surface area contributed by atoms with E-state index in [1.54, 1.807) is 24.1 Å². The molecule has 1 N–H and O–H groups in total. The topological polar surface area (TPSA) is 35.6 Å². The van der Waals surface area contributed by atoms with E-state index in [0.29, 0.717) is 29.7 Å². The number of hydrogen-bond acceptors (Lipinski definition) is 2. The molecule has 1 aliphatic rings. The Morgan fingerprint density at radius 2 is 1.96 bits per heavy atom. The summed E-state index contributed by atoms with van der Waals surface area (Å²) in [6.07, 6.45) is 0.860. The van der Waals surface area contributed by atoms with Gasteiger partial charge in [0.05, 0.1) is 6.04 Å². The van der Waals surface area contributed by atoms with Crippen molar-refractivity contribution in [3.8, 4) is 0 Å². The summed E-state index contributed by atoms with van der Waals surface area (Å²) >= 11 is 12.2. The monoisotopic (exact) mass is 423 g/mol. The van der Waals surface area contributed by atoms with Crippen LogP contribution in [0.15, 0.2) is 36.4 Å². The normalized spacial score (nSPS) is 17.3. The minimum atomic E-state index is -0.268. The van der Waals surface area contributed by atoms with Crippen LogP contribution in [0.25, 0.3) is 0 Å². The molecule has 28 heavy (non-hydrogen) atoms. The van der Waals surface area contributed by atoms with E-state index in [0.717, 1.165) is 29.7 Å². The summed E-state index contributed by atoms with van der Waals surface area (Å²) in [4.78, 5) is 16.8. The lowest BCUT2D eigenvalue weighted by Gasteiger charge is -2.34. The zero-order chi connectivity index (χ0) is 20.3. The average molecular weight is 424 g/mol. The predicted octanol–water partition coefficient (Wildman–Crippen LogP) is 5.03. The first-order chi connectivity index (χ1) is 13.3. The maximum atomic E-state index is 13.6. The molecule has 1 aliphatic heterocycles. The highest BCUT2D eigenvalue weighted by Crippen LogP contribution is 2.27. The number of carbonyl (C=O) groups is 1. The minimum Gasteiger partial charge on any atom is -0.323 e. The maximum absolute atomic E-state index is 13.6. The standard InChI is InChI=1S/C21H24Cl2FN3O/c1-14-8-18(24)4-5-19(14)20-12-25-6-3-7-27(20)21(28)26(2)13-15-9-16(22)11-17(23)10-15/h4-5,8-11,20,25H,3,6-7,12-13H2,1-2H3. The Morgan fingerprint density at radius 1 is 1.25 bits per heavy atom. The van der Waals surface area contributed by atoms with Crippen LogP contribution in [0.2, 0.25) is 10.0 Å². The quantitative estimate of drug-likeness (QED) is 0.751. The molecule has 0 radical (unpaired) electrons. The Morgan fingerprint density at radius 3 is 2.64 bits per heavy atom. The van der Waals surface area contributed by atoms with E-state index in [1.807, 2.05) is 24.0 Å². The van der Waals surface area contributed by atoms with Crippen LogP contribution in [0.5, 0.6) is 0 Å². The van der Waals surface area contributed by atoms with Crippen molar-refractivity contribution in [3.63, 3.8) is 0 Å². The summed E-state index contributed by atoms with van der Waals surface area (Å²) < 4.78 is 13.6. The van der Waals surface area contributed by atoms with Gasteiger partial charge in [0.1, 0.15) is 5.82 Å². The SMILES string of the molecule is Cc1cc(F)ccc1C1CNCCCN1C(=O)N(C)Cc1cc(Cl)cc(Cl)c1. The largest absolute Gasteiger partial charge is 0.323 e. The third-order valence-electron chi connectivity index (χ3n) is 4.97. The molecule has 1 fully saturated rings. The van der Waals surface area contributed by atoms with E-state index in [9.17, 15) is 9.18 Å². The maximum Gasteiger partial charge on any atom is 0.320 e. The third-order valence-corrected chi connectivity index (χ3v) is 5.41. The van der Waals surface area contributed by atoms with Gasteiger partial charge in [0.2, 0.25) is 0 Å². The molecule has 2 amide bonds. The molecule has 1 atom stereocenters. The van der Waals surface area contributed by atoms with E-state index < -0.39 is 0 Å². The highest BCUT2D eigenvalue weighted by Gasteiger charge is 2.29. The molecule has 4 nitrogen and oxygen atoms in total. The Labute approximate surface area is 175 Å². The van der Waals surface area contributed by atoms with Crippen molar-refractivity contribution in [2.45, 2.75) is 25.9 Å². The van der Waals surface area contributed by atoms with Crippen LogP contribution in [0.1, 0.15) is 29.2 Å². The molecular formula is C21H24Cl2FN3O. The number of benzene rings is 2. The van der Waals surface area contributed by atoms with Crippen LogP contribution in [-0.4, -0.2) is 42.5 Å². The zero-order valence-electron chi connectivity index (χ0n) is 16.0. The molecule has 2 aromatic carbocycles. The van der Waals surface area contributed by atoms with E-state index in [4.69, 9.17) is 23.2 Å². The van der Waals surface area contributed by atoms with Crippen molar-refractivity contribution in [2.24, 2.45) is 0 Å². The van der Waals surface area contributed by atoms with Gasteiger partial charge in [0, 0.05) is 36.7 Å². The molecule has 7 heteroatoms. The van der Waals surface area contributed by atoms with Crippen molar-refractivity contribution in [2.75, 3.05) is 26.7 Å². The third kappa shape index (κ3) is 4.96. The van der Waals surface area contributed by atoms with Crippen molar-refractivity contribution < 1.29 is 9.18 Å². The van der Waals surface area contributed by atoms with Crippen molar-refractivity contribution >= 4 is 29.2 Å². The van der Waals surface area contributed by atoms with E-state index in [-0.39, 0.29) is 17.9 Å². The van der Waals surface area contributed by atoms with Crippen LogP contribution in [0.3, 0.4) is 0 Å². The van der Waals surface area contributed by atoms with Crippen LogP contribution in [0.4, 0.5) is 9.18 Å². The molecular weight excluding hydrogens is 400 g/mol. The second-order valence-corrected chi connectivity index (χ2v) is 8.06. The van der Waals surface area contributed by atoms with E-state index in [1.165, 1.54) is 12.1 Å². The number of amides is 2. The molecule has 0 aliphatic carbocycles. The molecule has 0 spiro atoms. The van der Waals surface area contributed by atoms with Gasteiger partial charge in [-0.05, 0) is 66.9 Å². The second-order valence-electron chi connectivity index (χ2n) is 7.18. The lowest BCUT2D eigenvalue weighted by atomic mass is 10.00. The van der Waals surface area contributed by atoms with Crippen molar-refractivity contribution in [3.05, 3.63) is 69.0 Å². The number of nitrogens with one attached hydrogen (secondary N) is 1. The molecule has 0 aromatic heterocycles. The van der Waals surface area contributed by atoms with Crippen LogP contribution >= 0.6 is 23.2 Å². The Kier molecular flexibility index (Phi) is 6.81. The first-order valence-corrected chi connectivity index (χ1v) is 10.0. The number of nitrogens with zero attached hydrogens (tertiary/aromatic N) is 2. The van der Waals surface area contributed by atoms with Gasteiger partial charge < -0.3 is 15.1 Å². The Balaban J connectivity index is 1.83. The fourth-order valence-electron chi connectivity index (χ4n) is 3.66. The Hall–Kier alpha value is -1.82. The highest BCUT2D eigenvalue weighted by molar-refractivity contribution is 6.34. The summed E-state index contributed by atoms with van der Waals surface area (Å²) in [5, 5.41) is 4.47. The summed E-state index contributed by atoms with van der Waals surface area (Å²) in [7, 11) is 1.77. The first-order valence-electron chi connectivity index (χ1n) is 9.28. The van der Waals surface area contributed by atoms with Gasteiger partial charge in [-0.3, -0.25) is 0 Å². The summed E-state index contributed by atoms with van der Waals surface area (Å²) in [6, 6.07) is 9.80. The van der Waals surface area contributed by atoms with Gasteiger partial charge in [0.15, 0.2) is 0 Å². The lowest BCUT2D eigenvalue weighted by molar-refractivity contribution is 0.143. The van der Waals surface area contributed by atoms with Gasteiger partial charge >= 0.3 is 6.03 Å². The molecule has 3 rings (SSSR count). The fourth-order valence-corrected chi connectivity index (χ4v) is 4.23. The summed E-state index contributed by atoms with van der Waals surface area (Å²) in [6.45, 7) is 4.39. The smallest absolute Gasteiger partial charge is 0.320 e. The fraction of sp³-hybridized carbons (Fsp3) is 0.381. The molecule has 1 heterocycles. The molecule has 150 valence electrons. The Bertz CT molecular complexity index is 841. The van der Waals surface area contributed by atoms with E-state index >= 15 is 0 Å². The minimum absolute atomic E-state index is 0.0754. The number of rotatable bonds is 3. The first kappa shape index (κ1) is 20.9. The number of carbonyl (C=O) groups excluding carboxylic acids is 1. The predicted molar refractivity (Wildman–Crippen MR) is 111 cm³/mol. The van der Waals surface area contributed by atoms with Crippen LogP contribution in [-0.2, 0) is 6.54 Å². The summed E-state index contributed by atoms with van der Waals surface area (Å²) in [5.41, 5.74) is 2.68. The van der Waals surface area contributed by atoms with E-state index in [2.05, 4.69) is 5.32 Å². The average Bonchev–Trinajstić information content (AvgIpc) is 2.86. The van der Waals surface area contributed by atoms with Gasteiger partial charge in [-0.2, -0.15) is 0 Å². The number of aryl methyl sites for hydroxylation is 1. The number of halogens is 3. The molecule has 2 aromatic rings. The van der Waals surface area contributed by atoms with Crippen LogP contribution < -0.4 is 5.32 Å². The van der Waals surface area contributed by atoms with Gasteiger partial charge in [-0.15, -0.1) is 0 Å². The van der Waals surface area contributed by atoms with Gasteiger partial charge in [-0.25, -0.2) is 9.18 Å². The molecule has 1 unspecified atom stereocenters. The zero-order valence-corrected chi connectivity index (χ0v) is 17.5. The van der Waals surface area contributed by atoms with Gasteiger partial charge in [0.25, 0.3) is 0 Å². The second kappa shape index (κ2) is 9.12. The lowest BCUT2D eigenvalue weighted by Crippen LogP contribution is -2.44. The number of hydrogen-bond donors (Lipinski definition) is 1. The molecule has 0 bridgehead atoms. The molecule has 1 saturated heterocycles. The molecule has 0 saturated carbocycles. The van der Waals surface area contributed by atoms with Crippen LogP contribution in [0, 0.1) is 12.7 Å². The van der Waals surface area contributed by atoms with Crippen molar-refractivity contribution in [1.29, 1.82) is 0 Å². The summed E-state index contributed by atoms with van der Waals surface area (Å²) in [5.74, 6) is -0.268. The van der Waals surface area contributed by atoms with Gasteiger partial charge in [-0.1, -0.05) is 29.3 Å². The number of urea groups is 1. The highest BCUT2D eigenvalue weighted by atomic mass is 35.5.